The summed E-state index contributed by atoms with van der Waals surface area (Å²) in [6.45, 7) is 1.76. The maximum Gasteiger partial charge on any atom is 0.309 e. The first-order valence-corrected chi connectivity index (χ1v) is 5.10. The molecule has 1 aliphatic heterocycles. The highest BCUT2D eigenvalue weighted by Gasteiger charge is 2.44. The fourth-order valence-corrected chi connectivity index (χ4v) is 2.07. The van der Waals surface area contributed by atoms with E-state index in [1.54, 1.807) is 6.92 Å². The van der Waals surface area contributed by atoms with E-state index in [0.29, 0.717) is 6.42 Å². The van der Waals surface area contributed by atoms with Crippen LogP contribution in [-0.2, 0) is 19.1 Å². The van der Waals surface area contributed by atoms with Gasteiger partial charge >= 0.3 is 11.9 Å². The Morgan fingerprint density at radius 1 is 1.57 bits per heavy atom. The summed E-state index contributed by atoms with van der Waals surface area (Å²) < 4.78 is 10.3. The first-order valence-electron chi connectivity index (χ1n) is 5.10. The zero-order valence-corrected chi connectivity index (χ0v) is 8.19. The van der Waals surface area contributed by atoms with E-state index in [4.69, 9.17) is 9.47 Å². The van der Waals surface area contributed by atoms with Crippen molar-refractivity contribution < 1.29 is 19.1 Å². The summed E-state index contributed by atoms with van der Waals surface area (Å²) in [7, 11) is 0. The van der Waals surface area contributed by atoms with E-state index in [2.05, 4.69) is 0 Å². The zero-order chi connectivity index (χ0) is 10.1. The largest absolute Gasteiger partial charge is 0.458 e. The minimum absolute atomic E-state index is 0.0524. The molecule has 0 N–H and O–H groups in total. The van der Waals surface area contributed by atoms with Crippen molar-refractivity contribution in [3.63, 3.8) is 0 Å². The quantitative estimate of drug-likeness (QED) is 0.622. The number of hydrogen-bond donors (Lipinski definition) is 0. The van der Waals surface area contributed by atoms with Gasteiger partial charge in [0.05, 0.1) is 5.92 Å². The number of rotatable bonds is 2. The van der Waals surface area contributed by atoms with E-state index in [9.17, 15) is 9.59 Å². The highest BCUT2D eigenvalue weighted by molar-refractivity contribution is 5.75. The van der Waals surface area contributed by atoms with Gasteiger partial charge in [0.15, 0.2) is 0 Å². The van der Waals surface area contributed by atoms with Crippen LogP contribution in [0, 0.1) is 5.92 Å². The van der Waals surface area contributed by atoms with Gasteiger partial charge in [0.1, 0.15) is 12.2 Å². The predicted molar refractivity (Wildman–Crippen MR) is 47.4 cm³/mol. The third-order valence-electron chi connectivity index (χ3n) is 2.90. The van der Waals surface area contributed by atoms with Crippen LogP contribution in [0.15, 0.2) is 0 Å². The van der Waals surface area contributed by atoms with E-state index >= 15 is 0 Å². The molecule has 0 spiro atoms. The Bertz CT molecular complexity index is 261. The first-order chi connectivity index (χ1) is 6.70. The van der Waals surface area contributed by atoms with Gasteiger partial charge in [0.2, 0.25) is 0 Å². The zero-order valence-electron chi connectivity index (χ0n) is 8.19. The highest BCUT2D eigenvalue weighted by Crippen LogP contribution is 2.35. The molecule has 0 aromatic rings. The molecule has 14 heavy (non-hydrogen) atoms. The lowest BCUT2D eigenvalue weighted by atomic mass is 9.88. The van der Waals surface area contributed by atoms with Crippen molar-refractivity contribution in [2.45, 2.75) is 44.8 Å². The van der Waals surface area contributed by atoms with E-state index in [-0.39, 0.29) is 30.1 Å². The molecular formula is C10H14O4. The summed E-state index contributed by atoms with van der Waals surface area (Å²) in [5, 5.41) is 0. The van der Waals surface area contributed by atoms with Gasteiger partial charge in [-0.3, -0.25) is 9.59 Å². The Hall–Kier alpha value is -1.06. The molecule has 4 heteroatoms. The lowest BCUT2D eigenvalue weighted by Gasteiger charge is -2.25. The number of hydrogen-bond acceptors (Lipinski definition) is 4. The summed E-state index contributed by atoms with van der Waals surface area (Å²) in [4.78, 5) is 22.3. The molecule has 2 aliphatic rings. The molecule has 2 bridgehead atoms. The van der Waals surface area contributed by atoms with Gasteiger partial charge in [0.25, 0.3) is 0 Å². The summed E-state index contributed by atoms with van der Waals surface area (Å²) >= 11 is 0. The molecule has 3 unspecified atom stereocenters. The number of fused-ring (bicyclic) bond motifs is 2. The predicted octanol–water partition coefficient (Wildman–Crippen LogP) is 1.03. The molecule has 1 saturated carbocycles. The standard InChI is InChI=1S/C10H14O4/c1-2-9(11)13-7-4-3-6-5-8(7)14-10(6)12/h6-8H,2-5H2,1H3. The van der Waals surface area contributed by atoms with Crippen LogP contribution in [0.5, 0.6) is 0 Å². The van der Waals surface area contributed by atoms with Crippen LogP contribution in [0.25, 0.3) is 0 Å². The minimum atomic E-state index is -0.212. The van der Waals surface area contributed by atoms with Gasteiger partial charge in [-0.2, -0.15) is 0 Å². The molecule has 0 aromatic heterocycles. The molecule has 3 atom stereocenters. The second-order valence-electron chi connectivity index (χ2n) is 3.87. The maximum atomic E-state index is 11.2. The third kappa shape index (κ3) is 1.61. The van der Waals surface area contributed by atoms with Gasteiger partial charge in [-0.1, -0.05) is 6.92 Å². The van der Waals surface area contributed by atoms with Gasteiger partial charge in [-0.15, -0.1) is 0 Å². The van der Waals surface area contributed by atoms with Crippen molar-refractivity contribution in [1.29, 1.82) is 0 Å². The van der Waals surface area contributed by atoms with Crippen LogP contribution >= 0.6 is 0 Å². The SMILES string of the molecule is CCC(=O)OC1CCC2CC1OC2=O. The Morgan fingerprint density at radius 2 is 2.36 bits per heavy atom. The molecule has 78 valence electrons. The topological polar surface area (TPSA) is 52.6 Å². The van der Waals surface area contributed by atoms with Crippen molar-refractivity contribution in [2.75, 3.05) is 0 Å². The van der Waals surface area contributed by atoms with Crippen molar-refractivity contribution in [2.24, 2.45) is 5.92 Å². The van der Waals surface area contributed by atoms with Crippen molar-refractivity contribution in [1.82, 2.24) is 0 Å². The summed E-state index contributed by atoms with van der Waals surface area (Å²) in [6.07, 6.45) is 2.26. The third-order valence-corrected chi connectivity index (χ3v) is 2.90. The molecule has 1 aliphatic carbocycles. The molecule has 1 heterocycles. The number of ether oxygens (including phenoxy) is 2. The van der Waals surface area contributed by atoms with Gasteiger partial charge in [-0.05, 0) is 12.8 Å². The van der Waals surface area contributed by atoms with Crippen LogP contribution in [0.2, 0.25) is 0 Å². The summed E-state index contributed by atoms with van der Waals surface area (Å²) in [5.41, 5.74) is 0. The highest BCUT2D eigenvalue weighted by atomic mass is 16.6. The van der Waals surface area contributed by atoms with E-state index in [1.165, 1.54) is 0 Å². The van der Waals surface area contributed by atoms with E-state index in [1.807, 2.05) is 0 Å². The molecule has 2 fully saturated rings. The van der Waals surface area contributed by atoms with Crippen molar-refractivity contribution >= 4 is 11.9 Å². The average Bonchev–Trinajstić information content (AvgIpc) is 2.48. The Morgan fingerprint density at radius 3 is 3.07 bits per heavy atom. The average molecular weight is 198 g/mol. The van der Waals surface area contributed by atoms with Crippen LogP contribution in [0.1, 0.15) is 32.6 Å². The van der Waals surface area contributed by atoms with E-state index < -0.39 is 0 Å². The summed E-state index contributed by atoms with van der Waals surface area (Å²) in [5.74, 6) is -0.280. The van der Waals surface area contributed by atoms with Crippen LogP contribution in [-0.4, -0.2) is 24.1 Å². The van der Waals surface area contributed by atoms with Crippen LogP contribution in [0.4, 0.5) is 0 Å². The van der Waals surface area contributed by atoms with Crippen molar-refractivity contribution in [3.05, 3.63) is 0 Å². The number of carbonyl (C=O) groups excluding carboxylic acids is 2. The lowest BCUT2D eigenvalue weighted by Crippen LogP contribution is -2.33. The van der Waals surface area contributed by atoms with Gasteiger partial charge in [0, 0.05) is 12.8 Å². The summed E-state index contributed by atoms with van der Waals surface area (Å²) in [6, 6.07) is 0. The molecule has 1 saturated heterocycles. The molecule has 0 amide bonds. The fourth-order valence-electron chi connectivity index (χ4n) is 2.07. The monoisotopic (exact) mass is 198 g/mol. The maximum absolute atomic E-state index is 11.2. The molecule has 0 aromatic carbocycles. The minimum Gasteiger partial charge on any atom is -0.458 e. The normalized spacial score (nSPS) is 35.2. The molecule has 2 rings (SSSR count). The smallest absolute Gasteiger partial charge is 0.309 e. The number of carbonyl (C=O) groups is 2. The van der Waals surface area contributed by atoms with Gasteiger partial charge in [-0.25, -0.2) is 0 Å². The van der Waals surface area contributed by atoms with Gasteiger partial charge < -0.3 is 9.47 Å². The van der Waals surface area contributed by atoms with Crippen LogP contribution < -0.4 is 0 Å². The first kappa shape index (κ1) is 9.49. The van der Waals surface area contributed by atoms with Crippen LogP contribution in [0.3, 0.4) is 0 Å². The number of esters is 2. The lowest BCUT2D eigenvalue weighted by molar-refractivity contribution is -0.160. The molecule has 0 radical (unpaired) electrons. The Balaban J connectivity index is 1.95. The second kappa shape index (κ2) is 3.59. The fraction of sp³-hybridized carbons (Fsp3) is 0.800. The Labute approximate surface area is 82.6 Å². The van der Waals surface area contributed by atoms with E-state index in [0.717, 1.165) is 19.3 Å². The van der Waals surface area contributed by atoms with Crippen molar-refractivity contribution in [3.8, 4) is 0 Å². The molecule has 4 nitrogen and oxygen atoms in total. The Kier molecular flexibility index (Phi) is 2.44. The second-order valence-corrected chi connectivity index (χ2v) is 3.87. The molecular weight excluding hydrogens is 184 g/mol.